The van der Waals surface area contributed by atoms with Gasteiger partial charge in [-0.15, -0.1) is 11.8 Å². The highest BCUT2D eigenvalue weighted by molar-refractivity contribution is 8.00. The average molecular weight is 317 g/mol. The molecule has 0 aliphatic carbocycles. The molecule has 116 valence electrons. The fraction of sp³-hybridized carbons (Fsp3) is 0.375. The highest BCUT2D eigenvalue weighted by atomic mass is 32.2. The van der Waals surface area contributed by atoms with Gasteiger partial charge in [-0.25, -0.2) is 4.98 Å². The lowest BCUT2D eigenvalue weighted by molar-refractivity contribution is 0.0997. The van der Waals surface area contributed by atoms with Gasteiger partial charge in [0.1, 0.15) is 10.8 Å². The van der Waals surface area contributed by atoms with Gasteiger partial charge in [0.15, 0.2) is 0 Å². The van der Waals surface area contributed by atoms with Crippen molar-refractivity contribution in [2.24, 2.45) is 5.73 Å². The van der Waals surface area contributed by atoms with Gasteiger partial charge in [0, 0.05) is 23.4 Å². The number of methoxy groups -OCH3 is 1. The summed E-state index contributed by atoms with van der Waals surface area (Å²) in [6.07, 6.45) is 4.15. The molecular formula is C16H19N3O2S. The number of benzene rings is 1. The van der Waals surface area contributed by atoms with E-state index in [1.165, 1.54) is 12.8 Å². The van der Waals surface area contributed by atoms with E-state index in [1.54, 1.807) is 31.1 Å². The second kappa shape index (κ2) is 6.54. The van der Waals surface area contributed by atoms with Crippen LogP contribution in [0.15, 0.2) is 29.4 Å². The molecule has 0 bridgehead atoms. The summed E-state index contributed by atoms with van der Waals surface area (Å²) in [5.41, 5.74) is 5.82. The molecule has 1 amide bonds. The number of aromatic nitrogens is 1. The number of pyridine rings is 1. The van der Waals surface area contributed by atoms with Gasteiger partial charge in [-0.3, -0.25) is 4.79 Å². The van der Waals surface area contributed by atoms with Crippen molar-refractivity contribution in [3.05, 3.63) is 30.0 Å². The molecule has 1 aromatic carbocycles. The van der Waals surface area contributed by atoms with Gasteiger partial charge in [0.2, 0.25) is 0 Å². The van der Waals surface area contributed by atoms with E-state index < -0.39 is 5.91 Å². The van der Waals surface area contributed by atoms with Crippen LogP contribution >= 0.6 is 11.8 Å². The Morgan fingerprint density at radius 3 is 3.05 bits per heavy atom. The van der Waals surface area contributed by atoms with E-state index in [-0.39, 0.29) is 0 Å². The molecular weight excluding hydrogens is 298 g/mol. The second-order valence-corrected chi connectivity index (χ2v) is 6.63. The Morgan fingerprint density at radius 1 is 1.50 bits per heavy atom. The minimum atomic E-state index is -0.485. The summed E-state index contributed by atoms with van der Waals surface area (Å²) in [5, 5.41) is 6.86. The predicted octanol–water partition coefficient (Wildman–Crippen LogP) is 2.19. The first kappa shape index (κ1) is 15.1. The van der Waals surface area contributed by atoms with E-state index in [2.05, 4.69) is 10.3 Å². The van der Waals surface area contributed by atoms with Gasteiger partial charge >= 0.3 is 0 Å². The number of primary amides is 1. The van der Waals surface area contributed by atoms with Gasteiger partial charge in [-0.2, -0.15) is 0 Å². The molecule has 2 aromatic rings. The van der Waals surface area contributed by atoms with Gasteiger partial charge in [-0.1, -0.05) is 0 Å². The Bertz CT molecular complexity index is 699. The largest absolute Gasteiger partial charge is 0.496 e. The molecule has 3 N–H and O–H groups in total. The number of carbonyl (C=O) groups is 1. The lowest BCUT2D eigenvalue weighted by atomic mass is 10.1. The number of nitrogens with two attached hydrogens (primary N) is 1. The molecule has 5 nitrogen and oxygen atoms in total. The number of thioether (sulfide) groups is 1. The van der Waals surface area contributed by atoms with E-state index in [0.29, 0.717) is 16.6 Å². The summed E-state index contributed by atoms with van der Waals surface area (Å²) in [7, 11) is 1.54. The van der Waals surface area contributed by atoms with E-state index in [0.717, 1.165) is 28.9 Å². The van der Waals surface area contributed by atoms with Crippen molar-refractivity contribution in [2.75, 3.05) is 20.2 Å². The van der Waals surface area contributed by atoms with E-state index in [4.69, 9.17) is 10.5 Å². The summed E-state index contributed by atoms with van der Waals surface area (Å²) in [6, 6.07) is 5.53. The fourth-order valence-corrected chi connectivity index (χ4v) is 3.94. The normalized spacial score (nSPS) is 18.3. The number of hydrogen-bond acceptors (Lipinski definition) is 5. The molecule has 1 atom stereocenters. The maximum Gasteiger partial charge on any atom is 0.252 e. The lowest BCUT2D eigenvalue weighted by Crippen LogP contribution is -2.31. The molecule has 1 saturated heterocycles. The Balaban J connectivity index is 2.01. The number of hydrogen-bond donors (Lipinski definition) is 2. The molecule has 0 saturated carbocycles. The van der Waals surface area contributed by atoms with Crippen LogP contribution in [0.5, 0.6) is 5.75 Å². The molecule has 1 aliphatic heterocycles. The Labute approximate surface area is 133 Å². The van der Waals surface area contributed by atoms with Crippen LogP contribution in [0.1, 0.15) is 23.2 Å². The average Bonchev–Trinajstić information content (AvgIpc) is 2.55. The SMILES string of the molecule is COc1cc2c(SC3CCCNC3)nccc2cc1C(N)=O. The van der Waals surface area contributed by atoms with Crippen LogP contribution < -0.4 is 15.8 Å². The number of rotatable bonds is 4. The zero-order chi connectivity index (χ0) is 15.5. The third kappa shape index (κ3) is 3.03. The lowest BCUT2D eigenvalue weighted by Gasteiger charge is -2.22. The first-order valence-corrected chi connectivity index (χ1v) is 8.21. The summed E-state index contributed by atoms with van der Waals surface area (Å²) < 4.78 is 5.31. The number of nitrogens with one attached hydrogen (secondary N) is 1. The zero-order valence-electron chi connectivity index (χ0n) is 12.5. The highest BCUT2D eigenvalue weighted by Crippen LogP contribution is 2.34. The first-order valence-electron chi connectivity index (χ1n) is 7.33. The summed E-state index contributed by atoms with van der Waals surface area (Å²) in [4.78, 5) is 16.1. The highest BCUT2D eigenvalue weighted by Gasteiger charge is 2.18. The second-order valence-electron chi connectivity index (χ2n) is 5.34. The minimum absolute atomic E-state index is 0.400. The van der Waals surface area contributed by atoms with E-state index >= 15 is 0 Å². The molecule has 1 fully saturated rings. The molecule has 1 aromatic heterocycles. The van der Waals surface area contributed by atoms with Crippen LogP contribution in [-0.2, 0) is 0 Å². The smallest absolute Gasteiger partial charge is 0.252 e. The van der Waals surface area contributed by atoms with Crippen LogP contribution in [0.25, 0.3) is 10.8 Å². The predicted molar refractivity (Wildman–Crippen MR) is 88.6 cm³/mol. The molecule has 22 heavy (non-hydrogen) atoms. The summed E-state index contributed by atoms with van der Waals surface area (Å²) in [5.74, 6) is 0.0119. The molecule has 0 radical (unpaired) electrons. The zero-order valence-corrected chi connectivity index (χ0v) is 13.3. The maximum absolute atomic E-state index is 11.5. The van der Waals surface area contributed by atoms with Crippen molar-refractivity contribution in [3.8, 4) is 5.75 Å². The van der Waals surface area contributed by atoms with Crippen molar-refractivity contribution in [2.45, 2.75) is 23.1 Å². The number of nitrogens with zero attached hydrogens (tertiary/aromatic N) is 1. The van der Waals surface area contributed by atoms with Crippen molar-refractivity contribution >= 4 is 28.4 Å². The maximum atomic E-state index is 11.5. The Kier molecular flexibility index (Phi) is 4.49. The minimum Gasteiger partial charge on any atom is -0.496 e. The Morgan fingerprint density at radius 2 is 2.36 bits per heavy atom. The molecule has 1 aliphatic rings. The Hall–Kier alpha value is -1.79. The van der Waals surface area contributed by atoms with Crippen LogP contribution in [0, 0.1) is 0 Å². The number of amides is 1. The topological polar surface area (TPSA) is 77.2 Å². The molecule has 1 unspecified atom stereocenters. The van der Waals surface area contributed by atoms with Crippen LogP contribution in [0.3, 0.4) is 0 Å². The molecule has 6 heteroatoms. The van der Waals surface area contributed by atoms with Crippen LogP contribution in [0.2, 0.25) is 0 Å². The van der Waals surface area contributed by atoms with Gasteiger partial charge in [-0.05, 0) is 43.0 Å². The van der Waals surface area contributed by atoms with Crippen molar-refractivity contribution < 1.29 is 9.53 Å². The summed E-state index contributed by atoms with van der Waals surface area (Å²) >= 11 is 1.78. The number of ether oxygens (including phenoxy) is 1. The number of piperidine rings is 1. The van der Waals surface area contributed by atoms with Crippen molar-refractivity contribution in [1.29, 1.82) is 0 Å². The van der Waals surface area contributed by atoms with Crippen LogP contribution in [-0.4, -0.2) is 36.3 Å². The van der Waals surface area contributed by atoms with Crippen molar-refractivity contribution in [1.82, 2.24) is 10.3 Å². The molecule has 2 heterocycles. The quantitative estimate of drug-likeness (QED) is 0.904. The third-order valence-corrected chi connectivity index (χ3v) is 5.13. The third-order valence-electron chi connectivity index (χ3n) is 3.84. The van der Waals surface area contributed by atoms with Gasteiger partial charge in [0.25, 0.3) is 5.91 Å². The summed E-state index contributed by atoms with van der Waals surface area (Å²) in [6.45, 7) is 2.09. The van der Waals surface area contributed by atoms with Crippen LogP contribution in [0.4, 0.5) is 0 Å². The molecule has 3 rings (SSSR count). The first-order chi connectivity index (χ1) is 10.7. The van der Waals surface area contributed by atoms with Gasteiger partial charge < -0.3 is 15.8 Å². The van der Waals surface area contributed by atoms with E-state index in [1.807, 2.05) is 12.1 Å². The van der Waals surface area contributed by atoms with Crippen molar-refractivity contribution in [3.63, 3.8) is 0 Å². The van der Waals surface area contributed by atoms with E-state index in [9.17, 15) is 4.79 Å². The molecule has 0 spiro atoms. The number of carbonyl (C=O) groups excluding carboxylic acids is 1. The standard InChI is InChI=1S/C16H19N3O2S/c1-21-14-8-12-10(7-13(14)15(17)20)4-6-19-16(12)22-11-3-2-5-18-9-11/h4,6-8,11,18H,2-3,5,9H2,1H3,(H2,17,20). The number of fused-ring (bicyclic) bond motifs is 1. The van der Waals surface area contributed by atoms with Gasteiger partial charge in [0.05, 0.1) is 12.7 Å². The fourth-order valence-electron chi connectivity index (χ4n) is 2.71. The monoisotopic (exact) mass is 317 g/mol.